The second-order valence-electron chi connectivity index (χ2n) is 4.12. The van der Waals surface area contributed by atoms with Crippen molar-refractivity contribution in [2.24, 2.45) is 5.92 Å². The van der Waals surface area contributed by atoms with Crippen LogP contribution in [0.4, 0.5) is 0 Å². The minimum atomic E-state index is -0.901. The van der Waals surface area contributed by atoms with Crippen LogP contribution >= 0.6 is 11.6 Å². The van der Waals surface area contributed by atoms with E-state index in [9.17, 15) is 4.79 Å². The van der Waals surface area contributed by atoms with Gasteiger partial charge in [-0.15, -0.1) is 0 Å². The van der Waals surface area contributed by atoms with Crippen molar-refractivity contribution in [1.82, 2.24) is 0 Å². The van der Waals surface area contributed by atoms with Crippen LogP contribution in [0.3, 0.4) is 0 Å². The van der Waals surface area contributed by atoms with Gasteiger partial charge in [-0.05, 0) is 37.5 Å². The van der Waals surface area contributed by atoms with Crippen molar-refractivity contribution < 1.29 is 14.6 Å². The molecule has 1 unspecified atom stereocenters. The van der Waals surface area contributed by atoms with Gasteiger partial charge in [0.25, 0.3) is 0 Å². The summed E-state index contributed by atoms with van der Waals surface area (Å²) < 4.78 is 5.53. The van der Waals surface area contributed by atoms with Crippen LogP contribution in [-0.4, -0.2) is 17.2 Å². The number of ether oxygens (including phenoxy) is 1. The molecule has 0 radical (unpaired) electrons. The Hall–Kier alpha value is -1.22. The summed E-state index contributed by atoms with van der Waals surface area (Å²) in [7, 11) is 0. The maximum Gasteiger partial charge on any atom is 0.345 e. The highest BCUT2D eigenvalue weighted by atomic mass is 35.5. The summed E-state index contributed by atoms with van der Waals surface area (Å²) >= 11 is 5.85. The molecule has 1 aromatic carbocycles. The molecule has 0 spiro atoms. The summed E-state index contributed by atoms with van der Waals surface area (Å²) in [6.07, 6.45) is 1.12. The molecule has 0 aliphatic heterocycles. The van der Waals surface area contributed by atoms with E-state index >= 15 is 0 Å². The van der Waals surface area contributed by atoms with Gasteiger partial charge in [0.15, 0.2) is 6.10 Å². The average Bonchev–Trinajstić information content (AvgIpc) is 3.02. The molecule has 1 N–H and O–H groups in total. The Morgan fingerprint density at radius 3 is 2.81 bits per heavy atom. The maximum atomic E-state index is 11.0. The SMILES string of the molecule is Cc1ccc(Cl)cc1OC(C(=O)O)C1CC1. The van der Waals surface area contributed by atoms with Crippen LogP contribution in [0.15, 0.2) is 18.2 Å². The zero-order valence-electron chi connectivity index (χ0n) is 8.94. The summed E-state index contributed by atoms with van der Waals surface area (Å²) in [6, 6.07) is 5.25. The molecule has 4 heteroatoms. The van der Waals surface area contributed by atoms with Crippen molar-refractivity contribution in [2.75, 3.05) is 0 Å². The lowest BCUT2D eigenvalue weighted by atomic mass is 10.2. The lowest BCUT2D eigenvalue weighted by molar-refractivity contribution is -0.146. The molecular weight excluding hydrogens is 228 g/mol. The van der Waals surface area contributed by atoms with Crippen molar-refractivity contribution in [1.29, 1.82) is 0 Å². The van der Waals surface area contributed by atoms with E-state index in [1.54, 1.807) is 12.1 Å². The summed E-state index contributed by atoms with van der Waals surface area (Å²) in [4.78, 5) is 11.0. The molecule has 2 rings (SSSR count). The Bertz CT molecular complexity index is 413. The number of benzene rings is 1. The molecule has 1 saturated carbocycles. The third kappa shape index (κ3) is 2.47. The first-order valence-electron chi connectivity index (χ1n) is 5.23. The highest BCUT2D eigenvalue weighted by Crippen LogP contribution is 2.36. The first kappa shape index (κ1) is 11.3. The van der Waals surface area contributed by atoms with Crippen LogP contribution in [0.2, 0.25) is 5.02 Å². The molecule has 0 aromatic heterocycles. The van der Waals surface area contributed by atoms with Gasteiger partial charge in [-0.2, -0.15) is 0 Å². The Morgan fingerprint density at radius 1 is 1.56 bits per heavy atom. The van der Waals surface area contributed by atoms with Crippen LogP contribution < -0.4 is 4.74 Å². The van der Waals surface area contributed by atoms with Gasteiger partial charge >= 0.3 is 5.97 Å². The Kier molecular flexibility index (Phi) is 3.06. The minimum Gasteiger partial charge on any atom is -0.478 e. The quantitative estimate of drug-likeness (QED) is 0.880. The first-order valence-corrected chi connectivity index (χ1v) is 5.61. The molecule has 0 heterocycles. The summed E-state index contributed by atoms with van der Waals surface area (Å²) in [5, 5.41) is 9.60. The number of aryl methyl sites for hydroxylation is 1. The molecule has 16 heavy (non-hydrogen) atoms. The number of aliphatic carboxylic acids is 1. The molecule has 0 amide bonds. The summed E-state index contributed by atoms with van der Waals surface area (Å²) in [6.45, 7) is 1.87. The van der Waals surface area contributed by atoms with Crippen molar-refractivity contribution in [3.05, 3.63) is 28.8 Å². The normalized spacial score (nSPS) is 16.9. The third-order valence-electron chi connectivity index (χ3n) is 2.70. The number of hydrogen-bond acceptors (Lipinski definition) is 2. The van der Waals surface area contributed by atoms with Gasteiger partial charge in [-0.1, -0.05) is 17.7 Å². The van der Waals surface area contributed by atoms with E-state index in [2.05, 4.69) is 0 Å². The van der Waals surface area contributed by atoms with Crippen LogP contribution in [0, 0.1) is 12.8 Å². The standard InChI is InChI=1S/C12H13ClO3/c1-7-2-5-9(13)6-10(7)16-11(12(14)15)8-3-4-8/h2,5-6,8,11H,3-4H2,1H3,(H,14,15). The molecule has 3 nitrogen and oxygen atoms in total. The van der Waals surface area contributed by atoms with E-state index in [4.69, 9.17) is 21.4 Å². The van der Waals surface area contributed by atoms with Gasteiger partial charge in [-0.3, -0.25) is 0 Å². The molecular formula is C12H13ClO3. The van der Waals surface area contributed by atoms with Gasteiger partial charge in [0.05, 0.1) is 0 Å². The van der Waals surface area contributed by atoms with Crippen LogP contribution in [0.1, 0.15) is 18.4 Å². The van der Waals surface area contributed by atoms with E-state index in [0.29, 0.717) is 10.8 Å². The molecule has 1 aliphatic carbocycles. The fraction of sp³-hybridized carbons (Fsp3) is 0.417. The number of carbonyl (C=O) groups is 1. The topological polar surface area (TPSA) is 46.5 Å². The van der Waals surface area contributed by atoms with Gasteiger partial charge in [0.2, 0.25) is 0 Å². The second kappa shape index (κ2) is 4.34. The van der Waals surface area contributed by atoms with Crippen molar-refractivity contribution in [2.45, 2.75) is 25.9 Å². The molecule has 86 valence electrons. The fourth-order valence-electron chi connectivity index (χ4n) is 1.58. The lowest BCUT2D eigenvalue weighted by Crippen LogP contribution is -2.29. The van der Waals surface area contributed by atoms with E-state index in [0.717, 1.165) is 18.4 Å². The number of carboxylic acids is 1. The highest BCUT2D eigenvalue weighted by molar-refractivity contribution is 6.30. The largest absolute Gasteiger partial charge is 0.478 e. The van der Waals surface area contributed by atoms with Crippen LogP contribution in [0.25, 0.3) is 0 Å². The van der Waals surface area contributed by atoms with Crippen molar-refractivity contribution in [3.63, 3.8) is 0 Å². The number of rotatable bonds is 4. The van der Waals surface area contributed by atoms with Gasteiger partial charge in [0, 0.05) is 10.9 Å². The predicted octanol–water partition coefficient (Wildman–Crippen LogP) is 2.89. The number of hydrogen-bond donors (Lipinski definition) is 1. The number of halogens is 1. The minimum absolute atomic E-state index is 0.149. The van der Waals surface area contributed by atoms with Crippen molar-refractivity contribution in [3.8, 4) is 5.75 Å². The van der Waals surface area contributed by atoms with E-state index in [-0.39, 0.29) is 5.92 Å². The van der Waals surface area contributed by atoms with Crippen LogP contribution in [-0.2, 0) is 4.79 Å². The monoisotopic (exact) mass is 240 g/mol. The van der Waals surface area contributed by atoms with Crippen molar-refractivity contribution >= 4 is 17.6 Å². The zero-order chi connectivity index (χ0) is 11.7. The smallest absolute Gasteiger partial charge is 0.345 e. The average molecular weight is 241 g/mol. The van der Waals surface area contributed by atoms with Crippen LogP contribution in [0.5, 0.6) is 5.75 Å². The van der Waals surface area contributed by atoms with Gasteiger partial charge in [0.1, 0.15) is 5.75 Å². The maximum absolute atomic E-state index is 11.0. The van der Waals surface area contributed by atoms with E-state index in [1.807, 2.05) is 13.0 Å². The fourth-order valence-corrected chi connectivity index (χ4v) is 1.75. The van der Waals surface area contributed by atoms with Gasteiger partial charge in [-0.25, -0.2) is 4.79 Å². The lowest BCUT2D eigenvalue weighted by Gasteiger charge is -2.16. The van der Waals surface area contributed by atoms with E-state index in [1.165, 1.54) is 0 Å². The summed E-state index contributed by atoms with van der Waals surface area (Å²) in [5.74, 6) is -0.190. The molecule has 1 fully saturated rings. The molecule has 1 aliphatic rings. The highest BCUT2D eigenvalue weighted by Gasteiger charge is 2.38. The predicted molar refractivity (Wildman–Crippen MR) is 61.0 cm³/mol. The zero-order valence-corrected chi connectivity index (χ0v) is 9.70. The first-order chi connectivity index (χ1) is 7.58. The Balaban J connectivity index is 2.17. The third-order valence-corrected chi connectivity index (χ3v) is 2.93. The number of carboxylic acid groups (broad SMARTS) is 1. The molecule has 1 aromatic rings. The van der Waals surface area contributed by atoms with Gasteiger partial charge < -0.3 is 9.84 Å². The Labute approximate surface area is 99.0 Å². The molecule has 1 atom stereocenters. The molecule has 0 saturated heterocycles. The Morgan fingerprint density at radius 2 is 2.25 bits per heavy atom. The molecule has 0 bridgehead atoms. The summed E-state index contributed by atoms with van der Waals surface area (Å²) in [5.41, 5.74) is 0.899. The van der Waals surface area contributed by atoms with E-state index < -0.39 is 12.1 Å². The second-order valence-corrected chi connectivity index (χ2v) is 4.56.